The zero-order chi connectivity index (χ0) is 31.7. The summed E-state index contributed by atoms with van der Waals surface area (Å²) in [7, 11) is 0. The fourth-order valence-corrected chi connectivity index (χ4v) is 6.33. The Bertz CT molecular complexity index is 1010. The summed E-state index contributed by atoms with van der Waals surface area (Å²) in [5.74, 6) is 16.0. The molecule has 0 unspecified atom stereocenters. The number of carbonyl (C=O) groups is 4. The third-order valence-corrected chi connectivity index (χ3v) is 8.84. The van der Waals surface area contributed by atoms with E-state index in [1.807, 2.05) is 0 Å². The number of nitrogens with one attached hydrogen (secondary N) is 5. The van der Waals surface area contributed by atoms with Gasteiger partial charge < -0.3 is 45.5 Å². The summed E-state index contributed by atoms with van der Waals surface area (Å²) in [5, 5.41) is 13.4. The lowest BCUT2D eigenvalue weighted by molar-refractivity contribution is 0.133. The topological polar surface area (TPSA) is 165 Å². The number of amides is 4. The maximum Gasteiger partial charge on any atom is 0.407 e. The minimum Gasteiger partial charge on any atom is -0.449 e. The average Bonchev–Trinajstić information content (AvgIpc) is 3.87. The van der Waals surface area contributed by atoms with Crippen LogP contribution in [0.5, 0.6) is 0 Å². The van der Waals surface area contributed by atoms with E-state index in [4.69, 9.17) is 18.9 Å². The number of hydrogen-bond donors (Lipinski definition) is 5. The molecule has 4 aliphatic carbocycles. The molecule has 0 aromatic rings. The van der Waals surface area contributed by atoms with Crippen LogP contribution in [0.4, 0.5) is 19.2 Å². The molecular formula is C32H47N5O8. The lowest BCUT2D eigenvalue weighted by Gasteiger charge is -2.10. The molecule has 0 aliphatic heterocycles. The highest BCUT2D eigenvalue weighted by Gasteiger charge is 2.50. The van der Waals surface area contributed by atoms with Crippen molar-refractivity contribution in [2.24, 2.45) is 35.5 Å². The Labute approximate surface area is 265 Å². The van der Waals surface area contributed by atoms with Crippen molar-refractivity contribution in [2.45, 2.75) is 51.4 Å². The number of carbonyl (C=O) groups excluding carboxylic acids is 4. The van der Waals surface area contributed by atoms with Gasteiger partial charge in [-0.25, -0.2) is 19.2 Å². The van der Waals surface area contributed by atoms with Crippen molar-refractivity contribution in [3.63, 3.8) is 0 Å². The molecule has 4 rings (SSSR count). The van der Waals surface area contributed by atoms with Crippen molar-refractivity contribution in [3.05, 3.63) is 0 Å². The highest BCUT2D eigenvalue weighted by atomic mass is 16.6. The Hall–Kier alpha value is -3.84. The molecule has 2 saturated carbocycles. The molecule has 0 heterocycles. The minimum atomic E-state index is -0.594. The van der Waals surface area contributed by atoms with Crippen molar-refractivity contribution in [2.75, 3.05) is 65.7 Å². The van der Waals surface area contributed by atoms with Crippen LogP contribution < -0.4 is 26.6 Å². The molecule has 13 nitrogen and oxygen atoms in total. The normalized spacial score (nSPS) is 25.5. The molecule has 248 valence electrons. The Morgan fingerprint density at radius 1 is 0.467 bits per heavy atom. The van der Waals surface area contributed by atoms with Gasteiger partial charge in [-0.05, 0) is 61.2 Å². The molecular weight excluding hydrogens is 582 g/mol. The second-order valence-corrected chi connectivity index (χ2v) is 11.8. The molecule has 0 aromatic heterocycles. The standard InChI is InChI=1S/C32H47N5O8/c38-29(34-13-15-36-31(40)44-21-27-23-9-5-1-2-6-10-24(23)27)42-19-17-33-18-20-43-30(39)35-14-16-37-32(41)45-22-28-25-11-7-3-4-8-12-26(25)28/h23-28,33H,5-22H2,(H,34,38)(H,35,39)(H,36,40)(H,37,41)/t23-,24+,25-,26+,27-,28-. The predicted molar refractivity (Wildman–Crippen MR) is 164 cm³/mol. The van der Waals surface area contributed by atoms with Crippen LogP contribution in [0.25, 0.3) is 0 Å². The predicted octanol–water partition coefficient (Wildman–Crippen LogP) is 2.36. The molecule has 0 saturated heterocycles. The van der Waals surface area contributed by atoms with E-state index in [-0.39, 0.29) is 39.4 Å². The first-order valence-electron chi connectivity index (χ1n) is 16.3. The van der Waals surface area contributed by atoms with Crippen LogP contribution in [0, 0.1) is 59.2 Å². The molecule has 4 aliphatic rings. The molecule has 13 heteroatoms. The van der Waals surface area contributed by atoms with E-state index < -0.39 is 24.4 Å². The minimum absolute atomic E-state index is 0.126. The average molecular weight is 630 g/mol. The highest BCUT2D eigenvalue weighted by molar-refractivity contribution is 5.69. The summed E-state index contributed by atoms with van der Waals surface area (Å²) in [6, 6.07) is 0. The molecule has 2 fully saturated rings. The zero-order valence-electron chi connectivity index (χ0n) is 26.0. The van der Waals surface area contributed by atoms with E-state index in [9.17, 15) is 19.2 Å². The zero-order valence-corrected chi connectivity index (χ0v) is 26.0. The van der Waals surface area contributed by atoms with E-state index in [0.29, 0.717) is 61.8 Å². The van der Waals surface area contributed by atoms with Crippen LogP contribution in [0.2, 0.25) is 0 Å². The van der Waals surface area contributed by atoms with Gasteiger partial charge in [-0.2, -0.15) is 0 Å². The quantitative estimate of drug-likeness (QED) is 0.0979. The van der Waals surface area contributed by atoms with Gasteiger partial charge in [0.05, 0.1) is 13.2 Å². The second-order valence-electron chi connectivity index (χ2n) is 11.8. The van der Waals surface area contributed by atoms with Crippen molar-refractivity contribution in [1.82, 2.24) is 26.6 Å². The van der Waals surface area contributed by atoms with Gasteiger partial charge in [-0.15, -0.1) is 23.7 Å². The summed E-state index contributed by atoms with van der Waals surface area (Å²) in [6.07, 6.45) is 5.86. The number of fused-ring (bicyclic) bond motifs is 2. The third kappa shape index (κ3) is 12.6. The van der Waals surface area contributed by atoms with Gasteiger partial charge >= 0.3 is 24.4 Å². The maximum atomic E-state index is 11.9. The van der Waals surface area contributed by atoms with Gasteiger partial charge in [0.25, 0.3) is 0 Å². The van der Waals surface area contributed by atoms with Gasteiger partial charge in [0.1, 0.15) is 13.2 Å². The van der Waals surface area contributed by atoms with Crippen LogP contribution in [0.3, 0.4) is 0 Å². The van der Waals surface area contributed by atoms with Gasteiger partial charge in [-0.1, -0.05) is 0 Å². The molecule has 45 heavy (non-hydrogen) atoms. The van der Waals surface area contributed by atoms with Crippen LogP contribution in [-0.4, -0.2) is 90.1 Å². The smallest absolute Gasteiger partial charge is 0.407 e. The highest BCUT2D eigenvalue weighted by Crippen LogP contribution is 2.53. The molecule has 0 spiro atoms. The van der Waals surface area contributed by atoms with Crippen LogP contribution >= 0.6 is 0 Å². The number of hydrogen-bond acceptors (Lipinski definition) is 9. The maximum absolute atomic E-state index is 11.9. The Morgan fingerprint density at radius 2 is 0.778 bits per heavy atom. The van der Waals surface area contributed by atoms with Gasteiger partial charge in [0.2, 0.25) is 0 Å². The van der Waals surface area contributed by atoms with Crippen LogP contribution in [0.1, 0.15) is 51.4 Å². The molecule has 6 atom stereocenters. The molecule has 4 amide bonds. The van der Waals surface area contributed by atoms with E-state index in [2.05, 4.69) is 50.3 Å². The first-order valence-corrected chi connectivity index (χ1v) is 16.3. The Morgan fingerprint density at radius 3 is 1.11 bits per heavy atom. The fourth-order valence-electron chi connectivity index (χ4n) is 6.33. The summed E-state index contributed by atoms with van der Waals surface area (Å²) >= 11 is 0. The molecule has 0 aromatic carbocycles. The summed E-state index contributed by atoms with van der Waals surface area (Å²) in [5.41, 5.74) is 0. The van der Waals surface area contributed by atoms with E-state index in [1.54, 1.807) is 0 Å². The number of rotatable bonds is 16. The second kappa shape index (κ2) is 18.8. The summed E-state index contributed by atoms with van der Waals surface area (Å²) < 4.78 is 20.8. The molecule has 5 N–H and O–H groups in total. The number of ether oxygens (including phenoxy) is 4. The van der Waals surface area contributed by atoms with Gasteiger partial charge in [0, 0.05) is 65.0 Å². The van der Waals surface area contributed by atoms with Crippen molar-refractivity contribution in [3.8, 4) is 23.7 Å². The van der Waals surface area contributed by atoms with Gasteiger partial charge in [0.15, 0.2) is 0 Å². The third-order valence-electron chi connectivity index (χ3n) is 8.84. The first-order chi connectivity index (χ1) is 22.0. The van der Waals surface area contributed by atoms with Crippen LogP contribution in [0.15, 0.2) is 0 Å². The van der Waals surface area contributed by atoms with Gasteiger partial charge in [-0.3, -0.25) is 0 Å². The summed E-state index contributed by atoms with van der Waals surface area (Å²) in [6.45, 7) is 2.74. The Balaban J connectivity index is 0.870. The van der Waals surface area contributed by atoms with Crippen LogP contribution in [-0.2, 0) is 18.9 Å². The fraction of sp³-hybridized carbons (Fsp3) is 0.750. The van der Waals surface area contributed by atoms with E-state index in [1.165, 1.54) is 0 Å². The largest absolute Gasteiger partial charge is 0.449 e. The monoisotopic (exact) mass is 629 g/mol. The van der Waals surface area contributed by atoms with Crippen molar-refractivity contribution < 1.29 is 38.1 Å². The lowest BCUT2D eigenvalue weighted by atomic mass is 10.1. The Kier molecular flexibility index (Phi) is 14.3. The molecule has 0 radical (unpaired) electrons. The SMILES string of the molecule is O=C(NCCNC(=O)OC[C@@H]1[C@@H]2CCC#CCC[C@@H]21)OCCNCCOC(=O)NCCNC(=O)OC[C@@H]1[C@@H]2CCC#CCC[C@@H]21. The van der Waals surface area contributed by atoms with Crippen molar-refractivity contribution in [1.29, 1.82) is 0 Å². The molecule has 0 bridgehead atoms. The lowest BCUT2D eigenvalue weighted by Crippen LogP contribution is -2.37. The number of alkyl carbamates (subject to hydrolysis) is 4. The summed E-state index contributed by atoms with van der Waals surface area (Å²) in [4.78, 5) is 47.4. The van der Waals surface area contributed by atoms with E-state index in [0.717, 1.165) is 51.4 Å². The van der Waals surface area contributed by atoms with E-state index >= 15 is 0 Å². The first kappa shape index (κ1) is 34.0. The van der Waals surface area contributed by atoms with Crippen molar-refractivity contribution >= 4 is 24.4 Å².